The minimum Gasteiger partial charge on any atom is -0.348 e. The molecule has 0 spiro atoms. The van der Waals surface area contributed by atoms with Crippen LogP contribution >= 0.6 is 15.9 Å². The van der Waals surface area contributed by atoms with Crippen LogP contribution in [0, 0.1) is 11.7 Å². The predicted octanol–water partition coefficient (Wildman–Crippen LogP) is 2.06. The third-order valence-corrected chi connectivity index (χ3v) is 3.59. The Morgan fingerprint density at radius 2 is 2.29 bits per heavy atom. The number of hydrogen-bond donors (Lipinski definition) is 2. The van der Waals surface area contributed by atoms with Crippen LogP contribution in [0.15, 0.2) is 22.7 Å². The third kappa shape index (κ3) is 3.04. The summed E-state index contributed by atoms with van der Waals surface area (Å²) in [5.41, 5.74) is 6.05. The van der Waals surface area contributed by atoms with E-state index in [2.05, 4.69) is 21.2 Å². The van der Waals surface area contributed by atoms with E-state index in [1.165, 1.54) is 18.2 Å². The summed E-state index contributed by atoms with van der Waals surface area (Å²) >= 11 is 3.18. The smallest absolute Gasteiger partial charge is 0.252 e. The zero-order valence-electron chi connectivity index (χ0n) is 9.25. The standard InChI is InChI=1S/C12H14BrFN2O/c13-10-5-8(14)3-4-9(10)12(17)16-11(6-15)7-1-2-7/h3-5,7,11H,1-2,6,15H2,(H,16,17). The fourth-order valence-electron chi connectivity index (χ4n) is 1.79. The van der Waals surface area contributed by atoms with Crippen LogP contribution in [0.25, 0.3) is 0 Å². The zero-order chi connectivity index (χ0) is 12.4. The lowest BCUT2D eigenvalue weighted by atomic mass is 10.1. The van der Waals surface area contributed by atoms with Gasteiger partial charge in [0.25, 0.3) is 5.91 Å². The maximum atomic E-state index is 12.9. The van der Waals surface area contributed by atoms with Gasteiger partial charge in [0.2, 0.25) is 0 Å². The molecule has 3 N–H and O–H groups in total. The number of halogens is 2. The van der Waals surface area contributed by atoms with E-state index < -0.39 is 0 Å². The van der Waals surface area contributed by atoms with Gasteiger partial charge in [0.05, 0.1) is 5.56 Å². The summed E-state index contributed by atoms with van der Waals surface area (Å²) in [4.78, 5) is 12.0. The second-order valence-electron chi connectivity index (χ2n) is 4.28. The highest BCUT2D eigenvalue weighted by Gasteiger charge is 2.31. The molecule has 0 aromatic heterocycles. The van der Waals surface area contributed by atoms with Gasteiger partial charge in [0.1, 0.15) is 5.82 Å². The molecule has 1 aliphatic carbocycles. The highest BCUT2D eigenvalue weighted by molar-refractivity contribution is 9.10. The second kappa shape index (κ2) is 5.14. The average molecular weight is 301 g/mol. The summed E-state index contributed by atoms with van der Waals surface area (Å²) < 4.78 is 13.4. The van der Waals surface area contributed by atoms with Crippen LogP contribution in [0.2, 0.25) is 0 Å². The molecule has 1 saturated carbocycles. The average Bonchev–Trinajstić information content (AvgIpc) is 3.09. The molecular weight excluding hydrogens is 287 g/mol. The first-order valence-electron chi connectivity index (χ1n) is 5.58. The molecule has 0 aliphatic heterocycles. The Morgan fingerprint density at radius 1 is 1.59 bits per heavy atom. The van der Waals surface area contributed by atoms with E-state index in [-0.39, 0.29) is 17.8 Å². The highest BCUT2D eigenvalue weighted by atomic mass is 79.9. The van der Waals surface area contributed by atoms with Crippen LogP contribution < -0.4 is 11.1 Å². The van der Waals surface area contributed by atoms with E-state index in [0.717, 1.165) is 12.8 Å². The molecule has 0 bridgehead atoms. The Balaban J connectivity index is 2.08. The number of nitrogens with one attached hydrogen (secondary N) is 1. The predicted molar refractivity (Wildman–Crippen MR) is 67.1 cm³/mol. The van der Waals surface area contributed by atoms with Gasteiger partial charge in [0.15, 0.2) is 0 Å². The third-order valence-electron chi connectivity index (χ3n) is 2.94. The lowest BCUT2D eigenvalue weighted by Crippen LogP contribution is -2.41. The molecule has 1 atom stereocenters. The van der Waals surface area contributed by atoms with E-state index in [1.54, 1.807) is 0 Å². The van der Waals surface area contributed by atoms with Gasteiger partial charge in [-0.25, -0.2) is 4.39 Å². The first-order valence-corrected chi connectivity index (χ1v) is 6.37. The Bertz CT molecular complexity index is 435. The lowest BCUT2D eigenvalue weighted by Gasteiger charge is -2.16. The van der Waals surface area contributed by atoms with E-state index in [9.17, 15) is 9.18 Å². The Kier molecular flexibility index (Phi) is 3.79. The molecule has 0 saturated heterocycles. The number of hydrogen-bond acceptors (Lipinski definition) is 2. The Labute approximate surface area is 108 Å². The van der Waals surface area contributed by atoms with Crippen molar-refractivity contribution in [1.29, 1.82) is 0 Å². The molecule has 1 amide bonds. The molecule has 17 heavy (non-hydrogen) atoms. The number of carbonyl (C=O) groups is 1. The van der Waals surface area contributed by atoms with Gasteiger partial charge in [-0.3, -0.25) is 4.79 Å². The van der Waals surface area contributed by atoms with Crippen molar-refractivity contribution in [3.05, 3.63) is 34.1 Å². The van der Waals surface area contributed by atoms with Gasteiger partial charge >= 0.3 is 0 Å². The van der Waals surface area contributed by atoms with Crippen molar-refractivity contribution >= 4 is 21.8 Å². The number of benzene rings is 1. The fourth-order valence-corrected chi connectivity index (χ4v) is 2.32. The summed E-state index contributed by atoms with van der Waals surface area (Å²) in [5.74, 6) is -0.0756. The maximum Gasteiger partial charge on any atom is 0.252 e. The summed E-state index contributed by atoms with van der Waals surface area (Å²) in [6.07, 6.45) is 2.24. The summed E-state index contributed by atoms with van der Waals surface area (Å²) in [6, 6.07) is 4.05. The number of amides is 1. The van der Waals surface area contributed by atoms with E-state index in [0.29, 0.717) is 22.5 Å². The largest absolute Gasteiger partial charge is 0.348 e. The topological polar surface area (TPSA) is 55.1 Å². The molecule has 5 heteroatoms. The van der Waals surface area contributed by atoms with Gasteiger partial charge in [0, 0.05) is 17.1 Å². The first-order chi connectivity index (χ1) is 8.11. The second-order valence-corrected chi connectivity index (χ2v) is 5.13. The van der Waals surface area contributed by atoms with Crippen LogP contribution in [0.3, 0.4) is 0 Å². The van der Waals surface area contributed by atoms with Crippen molar-refractivity contribution in [1.82, 2.24) is 5.32 Å². The van der Waals surface area contributed by atoms with Crippen molar-refractivity contribution in [2.24, 2.45) is 11.7 Å². The highest BCUT2D eigenvalue weighted by Crippen LogP contribution is 2.32. The van der Waals surface area contributed by atoms with Crippen molar-refractivity contribution < 1.29 is 9.18 Å². The van der Waals surface area contributed by atoms with Gasteiger partial charge in [-0.15, -0.1) is 0 Å². The van der Waals surface area contributed by atoms with Crippen LogP contribution in [0.4, 0.5) is 4.39 Å². The Morgan fingerprint density at radius 3 is 2.82 bits per heavy atom. The van der Waals surface area contributed by atoms with Gasteiger partial charge in [-0.2, -0.15) is 0 Å². The van der Waals surface area contributed by atoms with Crippen molar-refractivity contribution in [2.45, 2.75) is 18.9 Å². The number of carbonyl (C=O) groups excluding carboxylic acids is 1. The molecule has 2 rings (SSSR count). The molecule has 0 radical (unpaired) electrons. The normalized spacial score (nSPS) is 16.6. The molecule has 1 unspecified atom stereocenters. The first kappa shape index (κ1) is 12.5. The molecule has 0 heterocycles. The zero-order valence-corrected chi connectivity index (χ0v) is 10.8. The van der Waals surface area contributed by atoms with Crippen molar-refractivity contribution in [3.63, 3.8) is 0 Å². The summed E-state index contributed by atoms with van der Waals surface area (Å²) in [6.45, 7) is 0.440. The fraction of sp³-hybridized carbons (Fsp3) is 0.417. The molecule has 3 nitrogen and oxygen atoms in total. The molecule has 1 aromatic carbocycles. The number of nitrogens with two attached hydrogens (primary N) is 1. The molecule has 1 fully saturated rings. The summed E-state index contributed by atoms with van der Waals surface area (Å²) in [7, 11) is 0. The van der Waals surface area contributed by atoms with Gasteiger partial charge in [-0.05, 0) is 52.9 Å². The van der Waals surface area contributed by atoms with Crippen LogP contribution in [-0.4, -0.2) is 18.5 Å². The molecule has 1 aromatic rings. The SMILES string of the molecule is NCC(NC(=O)c1ccc(F)cc1Br)C1CC1. The van der Waals surface area contributed by atoms with E-state index in [4.69, 9.17) is 5.73 Å². The van der Waals surface area contributed by atoms with Crippen molar-refractivity contribution in [3.8, 4) is 0 Å². The van der Waals surface area contributed by atoms with Crippen LogP contribution in [0.5, 0.6) is 0 Å². The van der Waals surface area contributed by atoms with E-state index >= 15 is 0 Å². The maximum absolute atomic E-state index is 12.9. The van der Waals surface area contributed by atoms with Gasteiger partial charge < -0.3 is 11.1 Å². The lowest BCUT2D eigenvalue weighted by molar-refractivity contribution is 0.0932. The quantitative estimate of drug-likeness (QED) is 0.894. The molecular formula is C12H14BrFN2O. The molecule has 1 aliphatic rings. The van der Waals surface area contributed by atoms with Gasteiger partial charge in [-0.1, -0.05) is 0 Å². The molecule has 92 valence electrons. The monoisotopic (exact) mass is 300 g/mol. The minimum absolute atomic E-state index is 0.0273. The van der Waals surface area contributed by atoms with Crippen molar-refractivity contribution in [2.75, 3.05) is 6.54 Å². The Hall–Kier alpha value is -0.940. The van der Waals surface area contributed by atoms with Crippen LogP contribution in [0.1, 0.15) is 23.2 Å². The number of rotatable bonds is 4. The van der Waals surface area contributed by atoms with Crippen LogP contribution in [-0.2, 0) is 0 Å². The summed E-state index contributed by atoms with van der Waals surface area (Å²) in [5, 5.41) is 2.89. The minimum atomic E-state index is -0.369. The van der Waals surface area contributed by atoms with E-state index in [1.807, 2.05) is 0 Å².